The van der Waals surface area contributed by atoms with Gasteiger partial charge in [-0.15, -0.1) is 0 Å². The van der Waals surface area contributed by atoms with Gasteiger partial charge in [0.1, 0.15) is 5.75 Å². The van der Waals surface area contributed by atoms with E-state index in [1.54, 1.807) is 12.5 Å². The Balaban J connectivity index is 1.94. The van der Waals surface area contributed by atoms with Gasteiger partial charge < -0.3 is 14.5 Å². The van der Waals surface area contributed by atoms with Crippen molar-refractivity contribution in [3.63, 3.8) is 0 Å². The Morgan fingerprint density at radius 3 is 2.94 bits per heavy atom. The maximum Gasteiger partial charge on any atom is 0.121 e. The van der Waals surface area contributed by atoms with Gasteiger partial charge >= 0.3 is 0 Å². The fraction of sp³-hybridized carbons (Fsp3) is 0.333. The predicted octanol–water partition coefficient (Wildman–Crippen LogP) is 4.07. The van der Waals surface area contributed by atoms with Crippen molar-refractivity contribution in [1.82, 2.24) is 0 Å². The molecule has 18 heavy (non-hydrogen) atoms. The summed E-state index contributed by atoms with van der Waals surface area (Å²) >= 11 is 0. The number of hydrogen-bond donors (Lipinski definition) is 1. The van der Waals surface area contributed by atoms with Gasteiger partial charge in [-0.3, -0.25) is 0 Å². The van der Waals surface area contributed by atoms with Crippen molar-refractivity contribution in [2.45, 2.75) is 32.9 Å². The van der Waals surface area contributed by atoms with Gasteiger partial charge in [0.25, 0.3) is 0 Å². The highest BCUT2D eigenvalue weighted by Gasteiger charge is 2.02. The number of nitrogens with one attached hydrogen (secondary N) is 1. The van der Waals surface area contributed by atoms with Crippen molar-refractivity contribution < 1.29 is 9.15 Å². The van der Waals surface area contributed by atoms with Crippen LogP contribution in [0.4, 0.5) is 5.69 Å². The van der Waals surface area contributed by atoms with Crippen LogP contribution in [0.2, 0.25) is 0 Å². The molecule has 1 unspecified atom stereocenters. The van der Waals surface area contributed by atoms with Crippen LogP contribution in [0.3, 0.4) is 0 Å². The van der Waals surface area contributed by atoms with Crippen LogP contribution in [-0.2, 0) is 6.54 Å². The van der Waals surface area contributed by atoms with Gasteiger partial charge in [0.05, 0.1) is 18.6 Å². The molecule has 0 saturated carbocycles. The zero-order valence-electron chi connectivity index (χ0n) is 10.8. The first-order valence-electron chi connectivity index (χ1n) is 6.29. The number of anilines is 1. The third-order valence-corrected chi connectivity index (χ3v) is 2.82. The molecule has 0 spiro atoms. The molecular formula is C15H19NO2. The average Bonchev–Trinajstić information content (AvgIpc) is 2.90. The Morgan fingerprint density at radius 1 is 1.33 bits per heavy atom. The Morgan fingerprint density at radius 2 is 2.22 bits per heavy atom. The molecule has 96 valence electrons. The largest absolute Gasteiger partial charge is 0.491 e. The minimum absolute atomic E-state index is 0.245. The van der Waals surface area contributed by atoms with Gasteiger partial charge in [0.2, 0.25) is 0 Å². The molecule has 2 rings (SSSR count). The van der Waals surface area contributed by atoms with E-state index in [-0.39, 0.29) is 6.10 Å². The van der Waals surface area contributed by atoms with Gasteiger partial charge in [0.15, 0.2) is 0 Å². The van der Waals surface area contributed by atoms with Gasteiger partial charge in [-0.2, -0.15) is 0 Å². The summed E-state index contributed by atoms with van der Waals surface area (Å²) in [6.45, 7) is 4.94. The molecule has 0 fully saturated rings. The maximum atomic E-state index is 5.78. The van der Waals surface area contributed by atoms with Crippen LogP contribution < -0.4 is 10.1 Å². The summed E-state index contributed by atoms with van der Waals surface area (Å²) in [7, 11) is 0. The van der Waals surface area contributed by atoms with Crippen LogP contribution in [0.5, 0.6) is 5.75 Å². The number of rotatable bonds is 6. The van der Waals surface area contributed by atoms with Crippen LogP contribution in [-0.4, -0.2) is 6.10 Å². The van der Waals surface area contributed by atoms with Crippen molar-refractivity contribution in [2.75, 3.05) is 5.32 Å². The summed E-state index contributed by atoms with van der Waals surface area (Å²) in [6.07, 6.45) is 4.67. The molecule has 0 radical (unpaired) electrons. The molecule has 1 aromatic heterocycles. The molecular weight excluding hydrogens is 226 g/mol. The van der Waals surface area contributed by atoms with Crippen molar-refractivity contribution in [3.05, 3.63) is 48.4 Å². The molecule has 0 bridgehead atoms. The van der Waals surface area contributed by atoms with E-state index in [0.717, 1.165) is 30.0 Å². The minimum Gasteiger partial charge on any atom is -0.491 e. The summed E-state index contributed by atoms with van der Waals surface area (Å²) in [5.41, 5.74) is 2.18. The first-order chi connectivity index (χ1) is 8.78. The highest BCUT2D eigenvalue weighted by atomic mass is 16.5. The van der Waals surface area contributed by atoms with E-state index in [0.29, 0.717) is 0 Å². The molecule has 0 amide bonds. The Labute approximate surface area is 108 Å². The van der Waals surface area contributed by atoms with Gasteiger partial charge in [-0.1, -0.05) is 13.0 Å². The van der Waals surface area contributed by atoms with Crippen LogP contribution >= 0.6 is 0 Å². The SMILES string of the molecule is CCC(C)Oc1cccc(NCc2ccoc2)c1. The zero-order valence-corrected chi connectivity index (χ0v) is 10.8. The number of hydrogen-bond acceptors (Lipinski definition) is 3. The topological polar surface area (TPSA) is 34.4 Å². The molecule has 0 aliphatic heterocycles. The Bertz CT molecular complexity index is 465. The zero-order chi connectivity index (χ0) is 12.8. The average molecular weight is 245 g/mol. The second-order valence-corrected chi connectivity index (χ2v) is 4.35. The van der Waals surface area contributed by atoms with Crippen LogP contribution in [0, 0.1) is 0 Å². The third kappa shape index (κ3) is 3.55. The highest BCUT2D eigenvalue weighted by molar-refractivity contribution is 5.48. The van der Waals surface area contributed by atoms with Gasteiger partial charge in [-0.25, -0.2) is 0 Å². The minimum atomic E-state index is 0.245. The second-order valence-electron chi connectivity index (χ2n) is 4.35. The van der Waals surface area contributed by atoms with E-state index < -0.39 is 0 Å². The molecule has 2 aromatic rings. The monoisotopic (exact) mass is 245 g/mol. The van der Waals surface area contributed by atoms with Crippen molar-refractivity contribution in [1.29, 1.82) is 0 Å². The van der Waals surface area contributed by atoms with E-state index >= 15 is 0 Å². The first kappa shape index (κ1) is 12.6. The molecule has 0 saturated heterocycles. The van der Waals surface area contributed by atoms with Crippen LogP contribution in [0.25, 0.3) is 0 Å². The normalized spacial score (nSPS) is 12.1. The standard InChI is InChI=1S/C15H19NO2/c1-3-12(2)18-15-6-4-5-14(9-15)16-10-13-7-8-17-11-13/h4-9,11-12,16H,3,10H2,1-2H3. The summed E-state index contributed by atoms with van der Waals surface area (Å²) < 4.78 is 10.8. The van der Waals surface area contributed by atoms with Gasteiger partial charge in [-0.05, 0) is 31.5 Å². The Kier molecular flexibility index (Phi) is 4.29. The van der Waals surface area contributed by atoms with Gasteiger partial charge in [0, 0.05) is 23.9 Å². The van der Waals surface area contributed by atoms with E-state index in [4.69, 9.17) is 9.15 Å². The molecule has 1 N–H and O–H groups in total. The lowest BCUT2D eigenvalue weighted by Crippen LogP contribution is -2.09. The van der Waals surface area contributed by atoms with E-state index in [1.165, 1.54) is 0 Å². The maximum absolute atomic E-state index is 5.78. The number of ether oxygens (including phenoxy) is 1. The molecule has 1 atom stereocenters. The van der Waals surface area contributed by atoms with Crippen LogP contribution in [0.15, 0.2) is 47.3 Å². The van der Waals surface area contributed by atoms with Crippen molar-refractivity contribution in [3.8, 4) is 5.75 Å². The van der Waals surface area contributed by atoms with E-state index in [2.05, 4.69) is 19.2 Å². The van der Waals surface area contributed by atoms with Crippen LogP contribution in [0.1, 0.15) is 25.8 Å². The van der Waals surface area contributed by atoms with E-state index in [9.17, 15) is 0 Å². The lowest BCUT2D eigenvalue weighted by molar-refractivity contribution is 0.217. The summed E-state index contributed by atoms with van der Waals surface area (Å²) in [5.74, 6) is 0.904. The third-order valence-electron chi connectivity index (χ3n) is 2.82. The second kappa shape index (κ2) is 6.15. The summed E-state index contributed by atoms with van der Waals surface area (Å²) in [4.78, 5) is 0. The Hall–Kier alpha value is -1.90. The molecule has 0 aliphatic rings. The highest BCUT2D eigenvalue weighted by Crippen LogP contribution is 2.19. The summed E-state index contributed by atoms with van der Waals surface area (Å²) in [6, 6.07) is 9.98. The van der Waals surface area contributed by atoms with E-state index in [1.807, 2.05) is 30.3 Å². The molecule has 1 aromatic carbocycles. The van der Waals surface area contributed by atoms with Crippen molar-refractivity contribution in [2.24, 2.45) is 0 Å². The van der Waals surface area contributed by atoms with Crippen molar-refractivity contribution >= 4 is 5.69 Å². The summed E-state index contributed by atoms with van der Waals surface area (Å²) in [5, 5.41) is 3.34. The number of benzene rings is 1. The quantitative estimate of drug-likeness (QED) is 0.833. The molecule has 1 heterocycles. The fourth-order valence-electron chi connectivity index (χ4n) is 1.59. The molecule has 3 nitrogen and oxygen atoms in total. The lowest BCUT2D eigenvalue weighted by atomic mass is 10.2. The lowest BCUT2D eigenvalue weighted by Gasteiger charge is -2.13. The predicted molar refractivity (Wildman–Crippen MR) is 72.9 cm³/mol. The molecule has 0 aliphatic carbocycles. The molecule has 3 heteroatoms. The fourth-order valence-corrected chi connectivity index (χ4v) is 1.59. The number of furan rings is 1. The smallest absolute Gasteiger partial charge is 0.121 e. The first-order valence-corrected chi connectivity index (χ1v) is 6.29.